The van der Waals surface area contributed by atoms with Gasteiger partial charge < -0.3 is 10.5 Å². The van der Waals surface area contributed by atoms with E-state index in [-0.39, 0.29) is 5.92 Å². The van der Waals surface area contributed by atoms with Gasteiger partial charge in [0.2, 0.25) is 11.8 Å². The Labute approximate surface area is 167 Å². The van der Waals surface area contributed by atoms with Crippen molar-refractivity contribution in [2.24, 2.45) is 11.1 Å². The van der Waals surface area contributed by atoms with Crippen LogP contribution in [0.15, 0.2) is 60.9 Å². The van der Waals surface area contributed by atoms with Gasteiger partial charge in [-0.2, -0.15) is 0 Å². The highest BCUT2D eigenvalue weighted by Crippen LogP contribution is 2.51. The molecule has 0 radical (unpaired) electrons. The van der Waals surface area contributed by atoms with Crippen molar-refractivity contribution >= 4 is 11.9 Å². The number of nitrogens with zero attached hydrogens (tertiary/aromatic N) is 2. The number of benzene rings is 1. The molecule has 1 aliphatic heterocycles. The van der Waals surface area contributed by atoms with Crippen LogP contribution in [-0.2, 0) is 4.79 Å². The molecule has 146 valence electrons. The van der Waals surface area contributed by atoms with Crippen LogP contribution in [0, 0.1) is 5.41 Å². The lowest BCUT2D eigenvalue weighted by Gasteiger charge is -2.37. The van der Waals surface area contributed by atoms with E-state index in [1.165, 1.54) is 0 Å². The Bertz CT molecular complexity index is 1100. The number of para-hydroxylation sites is 1. The smallest absolute Gasteiger partial charge is 0.318 e. The summed E-state index contributed by atoms with van der Waals surface area (Å²) in [4.78, 5) is 32.8. The van der Waals surface area contributed by atoms with Crippen LogP contribution in [0.2, 0.25) is 0 Å². The Morgan fingerprint density at radius 1 is 1.03 bits per heavy atom. The van der Waals surface area contributed by atoms with E-state index in [1.54, 1.807) is 26.2 Å². The molecule has 4 rings (SSSR count). The summed E-state index contributed by atoms with van der Waals surface area (Å²) >= 11 is 0. The molecule has 1 aliphatic rings. The second kappa shape index (κ2) is 7.01. The van der Waals surface area contributed by atoms with Crippen LogP contribution in [0.1, 0.15) is 30.9 Å². The summed E-state index contributed by atoms with van der Waals surface area (Å²) in [6.07, 6.45) is 3.40. The summed E-state index contributed by atoms with van der Waals surface area (Å²) in [6, 6.07) is 14.2. The molecular formula is C22H20N4O3. The second-order valence-electron chi connectivity index (χ2n) is 7.44. The van der Waals surface area contributed by atoms with Crippen LogP contribution in [0.4, 0.5) is 4.79 Å². The third-order valence-corrected chi connectivity index (χ3v) is 5.16. The zero-order valence-corrected chi connectivity index (χ0v) is 16.0. The lowest BCUT2D eigenvalue weighted by atomic mass is 9.69. The summed E-state index contributed by atoms with van der Waals surface area (Å²) in [5, 5.41) is 2.21. The molecule has 7 heteroatoms. The van der Waals surface area contributed by atoms with E-state index in [1.807, 2.05) is 48.5 Å². The van der Waals surface area contributed by atoms with E-state index >= 15 is 0 Å². The van der Waals surface area contributed by atoms with Gasteiger partial charge in [-0.25, -0.2) is 9.78 Å². The number of imide groups is 1. The normalized spacial score (nSPS) is 14.9. The van der Waals surface area contributed by atoms with Crippen molar-refractivity contribution in [3.8, 4) is 22.9 Å². The monoisotopic (exact) mass is 388 g/mol. The first-order chi connectivity index (χ1) is 13.9. The minimum absolute atomic E-state index is 0.374. The minimum atomic E-state index is -0.983. The van der Waals surface area contributed by atoms with Gasteiger partial charge in [-0.15, -0.1) is 0 Å². The number of pyridine rings is 2. The summed E-state index contributed by atoms with van der Waals surface area (Å²) in [5.74, 6) is 0.226. The van der Waals surface area contributed by atoms with Gasteiger partial charge in [0.25, 0.3) is 0 Å². The van der Waals surface area contributed by atoms with E-state index in [9.17, 15) is 9.59 Å². The van der Waals surface area contributed by atoms with Gasteiger partial charge in [0.05, 0.1) is 11.1 Å². The van der Waals surface area contributed by atoms with Crippen LogP contribution in [0.25, 0.3) is 11.3 Å². The Balaban J connectivity index is 1.85. The van der Waals surface area contributed by atoms with Gasteiger partial charge in [-0.3, -0.25) is 15.1 Å². The van der Waals surface area contributed by atoms with Crippen molar-refractivity contribution in [2.75, 3.05) is 0 Å². The van der Waals surface area contributed by atoms with Crippen molar-refractivity contribution in [2.45, 2.75) is 19.8 Å². The number of nitrogens with two attached hydrogens (primary N) is 1. The molecule has 0 fully saturated rings. The summed E-state index contributed by atoms with van der Waals surface area (Å²) < 4.78 is 6.08. The number of rotatable bonds is 3. The maximum Gasteiger partial charge on any atom is 0.318 e. The molecule has 0 saturated carbocycles. The molecule has 2 aromatic heterocycles. The lowest BCUT2D eigenvalue weighted by Crippen LogP contribution is -2.46. The van der Waals surface area contributed by atoms with Gasteiger partial charge in [0.15, 0.2) is 0 Å². The number of amides is 3. The lowest BCUT2D eigenvalue weighted by molar-refractivity contribution is -0.128. The van der Waals surface area contributed by atoms with E-state index in [0.29, 0.717) is 11.6 Å². The van der Waals surface area contributed by atoms with Gasteiger partial charge >= 0.3 is 6.03 Å². The number of primary amides is 1. The van der Waals surface area contributed by atoms with Crippen LogP contribution >= 0.6 is 0 Å². The molecule has 3 heterocycles. The quantitative estimate of drug-likeness (QED) is 0.713. The Hall–Kier alpha value is -3.74. The predicted octanol–water partition coefficient (Wildman–Crippen LogP) is 3.60. The molecule has 0 aliphatic carbocycles. The highest BCUT2D eigenvalue weighted by atomic mass is 16.5. The van der Waals surface area contributed by atoms with Gasteiger partial charge in [0, 0.05) is 35.0 Å². The SMILES string of the molecule is CC(C)(C(=O)NC(N)=O)C1c2ccccc2Oc2nc(-c3ccncc3)ccc21. The van der Waals surface area contributed by atoms with Crippen LogP contribution in [-0.4, -0.2) is 21.9 Å². The average molecular weight is 388 g/mol. The molecule has 7 nitrogen and oxygen atoms in total. The van der Waals surface area contributed by atoms with Crippen molar-refractivity contribution in [3.63, 3.8) is 0 Å². The van der Waals surface area contributed by atoms with Crippen molar-refractivity contribution in [1.82, 2.24) is 15.3 Å². The Morgan fingerprint density at radius 2 is 1.76 bits per heavy atom. The molecule has 3 amide bonds. The Morgan fingerprint density at radius 3 is 2.48 bits per heavy atom. The number of aromatic nitrogens is 2. The van der Waals surface area contributed by atoms with E-state index in [0.717, 1.165) is 22.4 Å². The fourth-order valence-corrected chi connectivity index (χ4v) is 3.70. The molecule has 1 aromatic carbocycles. The summed E-state index contributed by atoms with van der Waals surface area (Å²) in [5.41, 5.74) is 7.47. The first-order valence-corrected chi connectivity index (χ1v) is 9.17. The van der Waals surface area contributed by atoms with E-state index in [2.05, 4.69) is 10.3 Å². The molecule has 0 saturated heterocycles. The molecule has 1 unspecified atom stereocenters. The zero-order valence-electron chi connectivity index (χ0n) is 16.0. The van der Waals surface area contributed by atoms with E-state index in [4.69, 9.17) is 15.5 Å². The Kier molecular flexibility index (Phi) is 4.50. The fraction of sp³-hybridized carbons (Fsp3) is 0.182. The summed E-state index contributed by atoms with van der Waals surface area (Å²) in [7, 11) is 0. The van der Waals surface area contributed by atoms with Gasteiger partial charge in [-0.05, 0) is 24.3 Å². The zero-order chi connectivity index (χ0) is 20.6. The molecular weight excluding hydrogens is 368 g/mol. The van der Waals surface area contributed by atoms with Crippen molar-refractivity contribution in [1.29, 1.82) is 0 Å². The first-order valence-electron chi connectivity index (χ1n) is 9.17. The van der Waals surface area contributed by atoms with Crippen molar-refractivity contribution < 1.29 is 14.3 Å². The van der Waals surface area contributed by atoms with E-state index < -0.39 is 17.4 Å². The number of hydrogen-bond donors (Lipinski definition) is 2. The third kappa shape index (κ3) is 3.31. The standard InChI is InChI=1S/C22H20N4O3/c1-22(2,20(27)26-21(23)28)18-14-5-3-4-6-17(14)29-19-15(18)7-8-16(25-19)13-9-11-24-12-10-13/h3-12,18H,1-2H3,(H3,23,26,27,28). The van der Waals surface area contributed by atoms with Crippen LogP contribution < -0.4 is 15.8 Å². The van der Waals surface area contributed by atoms with Crippen LogP contribution in [0.3, 0.4) is 0 Å². The molecule has 1 atom stereocenters. The number of carbonyl (C=O) groups is 2. The first kappa shape index (κ1) is 18.6. The number of ether oxygens (including phenoxy) is 1. The maximum atomic E-state index is 12.8. The number of hydrogen-bond acceptors (Lipinski definition) is 5. The fourth-order valence-electron chi connectivity index (χ4n) is 3.70. The van der Waals surface area contributed by atoms with Gasteiger partial charge in [-0.1, -0.05) is 38.1 Å². The number of fused-ring (bicyclic) bond motifs is 2. The molecule has 29 heavy (non-hydrogen) atoms. The number of carbonyl (C=O) groups excluding carboxylic acids is 2. The highest BCUT2D eigenvalue weighted by molar-refractivity contribution is 5.97. The van der Waals surface area contributed by atoms with Crippen molar-refractivity contribution in [3.05, 3.63) is 72.1 Å². The molecule has 0 spiro atoms. The third-order valence-electron chi connectivity index (χ3n) is 5.16. The number of nitrogens with one attached hydrogen (secondary N) is 1. The predicted molar refractivity (Wildman–Crippen MR) is 107 cm³/mol. The number of urea groups is 1. The molecule has 0 bridgehead atoms. The average Bonchev–Trinajstić information content (AvgIpc) is 2.71. The topological polar surface area (TPSA) is 107 Å². The minimum Gasteiger partial charge on any atom is -0.438 e. The maximum absolute atomic E-state index is 12.8. The highest BCUT2D eigenvalue weighted by Gasteiger charge is 2.44. The molecule has 3 aromatic rings. The second-order valence-corrected chi connectivity index (χ2v) is 7.44. The van der Waals surface area contributed by atoms with Gasteiger partial charge in [0.1, 0.15) is 5.75 Å². The molecule has 3 N–H and O–H groups in total. The summed E-state index contributed by atoms with van der Waals surface area (Å²) in [6.45, 7) is 3.55. The van der Waals surface area contributed by atoms with Crippen LogP contribution in [0.5, 0.6) is 11.6 Å². The largest absolute Gasteiger partial charge is 0.438 e.